The fourth-order valence-corrected chi connectivity index (χ4v) is 5.39. The van der Waals surface area contributed by atoms with Crippen molar-refractivity contribution in [3.63, 3.8) is 0 Å². The van der Waals surface area contributed by atoms with E-state index in [1.54, 1.807) is 0 Å². The van der Waals surface area contributed by atoms with Crippen LogP contribution in [-0.2, 0) is 0 Å². The van der Waals surface area contributed by atoms with Crippen molar-refractivity contribution in [3.8, 4) is 0 Å². The molecular formula is C20H36N2. The van der Waals surface area contributed by atoms with Crippen molar-refractivity contribution in [2.75, 3.05) is 19.6 Å². The zero-order valence-electron chi connectivity index (χ0n) is 14.6. The summed E-state index contributed by atoms with van der Waals surface area (Å²) in [7, 11) is 0. The Morgan fingerprint density at radius 3 is 2.32 bits per heavy atom. The highest BCUT2D eigenvalue weighted by Gasteiger charge is 2.39. The van der Waals surface area contributed by atoms with Crippen LogP contribution in [0.5, 0.6) is 0 Å². The van der Waals surface area contributed by atoms with Gasteiger partial charge in [-0.05, 0) is 68.7 Å². The van der Waals surface area contributed by atoms with Gasteiger partial charge in [-0.1, -0.05) is 32.6 Å². The molecule has 22 heavy (non-hydrogen) atoms. The van der Waals surface area contributed by atoms with Crippen molar-refractivity contribution in [1.82, 2.24) is 10.2 Å². The SMILES string of the molecule is CC1CCC1N1CC(CC2CC2)CC(NCC2CCCC2)C1. The van der Waals surface area contributed by atoms with E-state index in [0.29, 0.717) is 0 Å². The molecule has 3 saturated carbocycles. The standard InChI is InChI=1S/C20H36N2/c1-15-6-9-20(15)22-13-18(10-16-7-8-16)11-19(14-22)21-12-17-4-2-3-5-17/h15-21H,2-14H2,1H3. The molecule has 3 aliphatic carbocycles. The van der Waals surface area contributed by atoms with Gasteiger partial charge < -0.3 is 5.32 Å². The summed E-state index contributed by atoms with van der Waals surface area (Å²) in [6, 6.07) is 1.70. The minimum Gasteiger partial charge on any atom is -0.312 e. The average Bonchev–Trinajstić information content (AvgIpc) is 3.15. The van der Waals surface area contributed by atoms with Gasteiger partial charge in [-0.15, -0.1) is 0 Å². The van der Waals surface area contributed by atoms with Gasteiger partial charge in [0.25, 0.3) is 0 Å². The Balaban J connectivity index is 1.31. The summed E-state index contributed by atoms with van der Waals surface area (Å²) >= 11 is 0. The van der Waals surface area contributed by atoms with Gasteiger partial charge in [-0.3, -0.25) is 4.90 Å². The first-order chi connectivity index (χ1) is 10.8. The fourth-order valence-electron chi connectivity index (χ4n) is 5.39. The number of nitrogens with one attached hydrogen (secondary N) is 1. The van der Waals surface area contributed by atoms with Crippen LogP contribution in [0.3, 0.4) is 0 Å². The summed E-state index contributed by atoms with van der Waals surface area (Å²) < 4.78 is 0. The summed E-state index contributed by atoms with van der Waals surface area (Å²) in [6.07, 6.45) is 14.9. The zero-order valence-corrected chi connectivity index (χ0v) is 14.6. The predicted octanol–water partition coefficient (Wildman–Crippen LogP) is 4.06. The number of piperidine rings is 1. The Labute approximate surface area is 137 Å². The molecule has 126 valence electrons. The zero-order chi connectivity index (χ0) is 14.9. The van der Waals surface area contributed by atoms with Gasteiger partial charge >= 0.3 is 0 Å². The van der Waals surface area contributed by atoms with Crippen molar-refractivity contribution >= 4 is 0 Å². The molecule has 2 heteroatoms. The van der Waals surface area contributed by atoms with E-state index in [9.17, 15) is 0 Å². The number of nitrogens with zero attached hydrogens (tertiary/aromatic N) is 1. The Morgan fingerprint density at radius 1 is 0.864 bits per heavy atom. The van der Waals surface area contributed by atoms with E-state index in [-0.39, 0.29) is 0 Å². The average molecular weight is 305 g/mol. The highest BCUT2D eigenvalue weighted by atomic mass is 15.2. The molecule has 4 fully saturated rings. The van der Waals surface area contributed by atoms with Crippen LogP contribution in [0.2, 0.25) is 0 Å². The molecule has 0 aromatic carbocycles. The molecule has 1 N–H and O–H groups in total. The van der Waals surface area contributed by atoms with Gasteiger partial charge in [-0.25, -0.2) is 0 Å². The molecule has 2 nitrogen and oxygen atoms in total. The Kier molecular flexibility index (Phi) is 4.78. The van der Waals surface area contributed by atoms with Gasteiger partial charge in [-0.2, -0.15) is 0 Å². The largest absolute Gasteiger partial charge is 0.312 e. The molecule has 0 bridgehead atoms. The summed E-state index contributed by atoms with van der Waals surface area (Å²) in [5.74, 6) is 4.02. The molecule has 1 aliphatic heterocycles. The lowest BCUT2D eigenvalue weighted by Gasteiger charge is -2.49. The number of hydrogen-bond acceptors (Lipinski definition) is 2. The molecule has 4 atom stereocenters. The highest BCUT2D eigenvalue weighted by Crippen LogP contribution is 2.40. The van der Waals surface area contributed by atoms with Crippen LogP contribution in [0.1, 0.15) is 71.1 Å². The molecule has 4 rings (SSSR count). The Bertz CT molecular complexity index is 359. The molecule has 0 spiro atoms. The van der Waals surface area contributed by atoms with E-state index in [1.165, 1.54) is 83.8 Å². The number of likely N-dealkylation sites (tertiary alicyclic amines) is 1. The first-order valence-electron chi connectivity index (χ1n) is 10.3. The van der Waals surface area contributed by atoms with Crippen LogP contribution in [0.25, 0.3) is 0 Å². The third kappa shape index (κ3) is 3.70. The van der Waals surface area contributed by atoms with Crippen molar-refractivity contribution in [2.45, 2.75) is 83.2 Å². The minimum absolute atomic E-state index is 0.783. The second kappa shape index (κ2) is 6.81. The molecule has 0 aromatic heterocycles. The second-order valence-corrected chi connectivity index (χ2v) is 9.11. The van der Waals surface area contributed by atoms with E-state index < -0.39 is 0 Å². The summed E-state index contributed by atoms with van der Waals surface area (Å²) in [5.41, 5.74) is 0. The van der Waals surface area contributed by atoms with Gasteiger partial charge in [0.05, 0.1) is 0 Å². The summed E-state index contributed by atoms with van der Waals surface area (Å²) in [6.45, 7) is 6.52. The van der Waals surface area contributed by atoms with Crippen LogP contribution in [-0.4, -0.2) is 36.6 Å². The minimum atomic E-state index is 0.783. The molecule has 4 aliphatic rings. The van der Waals surface area contributed by atoms with Crippen molar-refractivity contribution in [1.29, 1.82) is 0 Å². The maximum Gasteiger partial charge on any atom is 0.0198 e. The molecule has 0 aromatic rings. The first-order valence-corrected chi connectivity index (χ1v) is 10.3. The van der Waals surface area contributed by atoms with Crippen molar-refractivity contribution < 1.29 is 0 Å². The highest BCUT2D eigenvalue weighted by molar-refractivity contribution is 4.94. The lowest BCUT2D eigenvalue weighted by molar-refractivity contribution is 0.0195. The maximum atomic E-state index is 3.99. The topological polar surface area (TPSA) is 15.3 Å². The molecule has 0 radical (unpaired) electrons. The third-order valence-corrected chi connectivity index (χ3v) is 7.14. The van der Waals surface area contributed by atoms with E-state index in [2.05, 4.69) is 17.1 Å². The van der Waals surface area contributed by atoms with Crippen molar-refractivity contribution in [3.05, 3.63) is 0 Å². The van der Waals surface area contributed by atoms with E-state index in [4.69, 9.17) is 0 Å². The smallest absolute Gasteiger partial charge is 0.0198 e. The second-order valence-electron chi connectivity index (χ2n) is 9.11. The third-order valence-electron chi connectivity index (χ3n) is 7.14. The molecule has 0 amide bonds. The van der Waals surface area contributed by atoms with E-state index in [1.807, 2.05) is 0 Å². The van der Waals surface area contributed by atoms with Gasteiger partial charge in [0.2, 0.25) is 0 Å². The predicted molar refractivity (Wildman–Crippen MR) is 93.0 cm³/mol. The summed E-state index contributed by atoms with van der Waals surface area (Å²) in [4.78, 5) is 2.89. The fraction of sp³-hybridized carbons (Fsp3) is 1.00. The van der Waals surface area contributed by atoms with Crippen LogP contribution in [0, 0.1) is 23.7 Å². The molecule has 1 saturated heterocycles. The number of rotatable bonds is 6. The Morgan fingerprint density at radius 2 is 1.68 bits per heavy atom. The van der Waals surface area contributed by atoms with E-state index >= 15 is 0 Å². The number of hydrogen-bond donors (Lipinski definition) is 1. The monoisotopic (exact) mass is 304 g/mol. The quantitative estimate of drug-likeness (QED) is 0.796. The van der Waals surface area contributed by atoms with E-state index in [0.717, 1.165) is 35.8 Å². The normalized spacial score (nSPS) is 40.8. The Hall–Kier alpha value is -0.0800. The van der Waals surface area contributed by atoms with Crippen LogP contribution in [0.4, 0.5) is 0 Å². The maximum absolute atomic E-state index is 3.99. The molecule has 4 unspecified atom stereocenters. The van der Waals surface area contributed by atoms with Crippen LogP contribution < -0.4 is 5.32 Å². The summed E-state index contributed by atoms with van der Waals surface area (Å²) in [5, 5.41) is 3.99. The molecular weight excluding hydrogens is 268 g/mol. The first kappa shape index (κ1) is 15.4. The molecule has 1 heterocycles. The van der Waals surface area contributed by atoms with Gasteiger partial charge in [0, 0.05) is 25.2 Å². The lowest BCUT2D eigenvalue weighted by Crippen LogP contribution is -2.57. The van der Waals surface area contributed by atoms with Gasteiger partial charge in [0.1, 0.15) is 0 Å². The lowest BCUT2D eigenvalue weighted by atomic mass is 9.77. The van der Waals surface area contributed by atoms with Crippen LogP contribution >= 0.6 is 0 Å². The van der Waals surface area contributed by atoms with Gasteiger partial charge in [0.15, 0.2) is 0 Å². The van der Waals surface area contributed by atoms with Crippen molar-refractivity contribution in [2.24, 2.45) is 23.7 Å². The van der Waals surface area contributed by atoms with Crippen LogP contribution in [0.15, 0.2) is 0 Å².